The molecule has 0 fully saturated rings. The first kappa shape index (κ1) is 16.2. The third-order valence-electron chi connectivity index (χ3n) is 1.95. The van der Waals surface area contributed by atoms with Crippen molar-refractivity contribution in [2.75, 3.05) is 13.2 Å². The van der Waals surface area contributed by atoms with Crippen molar-refractivity contribution in [2.24, 2.45) is 0 Å². The lowest BCUT2D eigenvalue weighted by Crippen LogP contribution is -2.07. The van der Waals surface area contributed by atoms with Crippen LogP contribution in [0, 0.1) is 0 Å². The molecule has 0 aromatic heterocycles. The van der Waals surface area contributed by atoms with Crippen LogP contribution in [0.5, 0.6) is 0 Å². The highest BCUT2D eigenvalue weighted by Crippen LogP contribution is 2.11. The predicted octanol–water partition coefficient (Wildman–Crippen LogP) is 3.66. The molecule has 3 heteroatoms. The van der Waals surface area contributed by atoms with Gasteiger partial charge in [0.15, 0.2) is 0 Å². The van der Waals surface area contributed by atoms with Gasteiger partial charge in [-0.3, -0.25) is 0 Å². The molecular formula is C14H26O3. The lowest BCUT2D eigenvalue weighted by Gasteiger charge is -2.13. The van der Waals surface area contributed by atoms with Gasteiger partial charge >= 0.3 is 0 Å². The number of hydrogen-bond donors (Lipinski definition) is 0. The minimum absolute atomic E-state index is 0.241. The van der Waals surface area contributed by atoms with Crippen molar-refractivity contribution in [3.8, 4) is 0 Å². The van der Waals surface area contributed by atoms with Gasteiger partial charge in [-0.2, -0.15) is 0 Å². The van der Waals surface area contributed by atoms with E-state index in [0.29, 0.717) is 37.6 Å². The highest BCUT2D eigenvalue weighted by atomic mass is 16.5. The second-order valence-corrected chi connectivity index (χ2v) is 4.52. The topological polar surface area (TPSA) is 27.7 Å². The molecule has 0 aromatic rings. The zero-order valence-corrected chi connectivity index (χ0v) is 11.6. The van der Waals surface area contributed by atoms with E-state index < -0.39 is 0 Å². The van der Waals surface area contributed by atoms with Gasteiger partial charge in [0.2, 0.25) is 0 Å². The van der Waals surface area contributed by atoms with Crippen LogP contribution in [0.4, 0.5) is 0 Å². The molecule has 0 aliphatic rings. The van der Waals surface area contributed by atoms with Crippen molar-refractivity contribution in [3.05, 3.63) is 24.7 Å². The maximum Gasteiger partial charge on any atom is 0.0987 e. The Morgan fingerprint density at radius 1 is 0.824 bits per heavy atom. The van der Waals surface area contributed by atoms with Gasteiger partial charge in [0.05, 0.1) is 36.9 Å². The molecule has 0 saturated heterocycles. The second-order valence-electron chi connectivity index (χ2n) is 4.52. The Kier molecular flexibility index (Phi) is 8.82. The molecule has 0 saturated carbocycles. The van der Waals surface area contributed by atoms with E-state index in [-0.39, 0.29) is 12.2 Å². The Hall–Kier alpha value is -0.800. The molecule has 100 valence electrons. The lowest BCUT2D eigenvalue weighted by atomic mass is 10.3. The zero-order valence-electron chi connectivity index (χ0n) is 11.6. The molecule has 0 radical (unpaired) electrons. The summed E-state index contributed by atoms with van der Waals surface area (Å²) in [6.07, 6.45) is 1.88. The van der Waals surface area contributed by atoms with E-state index in [2.05, 4.69) is 13.2 Å². The van der Waals surface area contributed by atoms with Crippen molar-refractivity contribution in [3.63, 3.8) is 0 Å². The largest absolute Gasteiger partial charge is 0.467 e. The second kappa shape index (κ2) is 9.25. The smallest absolute Gasteiger partial charge is 0.0987 e. The minimum atomic E-state index is 0.241. The number of hydrogen-bond acceptors (Lipinski definition) is 3. The number of ether oxygens (including phenoxy) is 3. The molecule has 0 bridgehead atoms. The quantitative estimate of drug-likeness (QED) is 0.547. The molecule has 0 rings (SSSR count). The molecule has 17 heavy (non-hydrogen) atoms. The summed E-state index contributed by atoms with van der Waals surface area (Å²) in [5.41, 5.74) is 0. The molecule has 0 spiro atoms. The lowest BCUT2D eigenvalue weighted by molar-refractivity contribution is 0.0671. The summed E-state index contributed by atoms with van der Waals surface area (Å²) in [6.45, 7) is 16.9. The predicted molar refractivity (Wildman–Crippen MR) is 70.8 cm³/mol. The first-order valence-electron chi connectivity index (χ1n) is 6.18. The highest BCUT2D eigenvalue weighted by Gasteiger charge is 2.02. The van der Waals surface area contributed by atoms with Crippen LogP contribution in [0.2, 0.25) is 0 Å². The van der Waals surface area contributed by atoms with Gasteiger partial charge < -0.3 is 14.2 Å². The molecule has 3 nitrogen and oxygen atoms in total. The molecular weight excluding hydrogens is 216 g/mol. The standard InChI is InChI=1S/C14H26O3/c1-11(2)15-9-7-13(5)17-14(6)8-10-16-12(3)4/h11-12H,5-10H2,1-4H3. The van der Waals surface area contributed by atoms with Gasteiger partial charge in [-0.15, -0.1) is 0 Å². The van der Waals surface area contributed by atoms with E-state index in [9.17, 15) is 0 Å². The van der Waals surface area contributed by atoms with Crippen LogP contribution in [0.3, 0.4) is 0 Å². The van der Waals surface area contributed by atoms with Gasteiger partial charge in [0.1, 0.15) is 0 Å². The summed E-state index contributed by atoms with van der Waals surface area (Å²) in [4.78, 5) is 0. The van der Waals surface area contributed by atoms with Gasteiger partial charge in [-0.05, 0) is 27.7 Å². The summed E-state index contributed by atoms with van der Waals surface area (Å²) in [5, 5.41) is 0. The van der Waals surface area contributed by atoms with Crippen LogP contribution in [0.25, 0.3) is 0 Å². The molecule has 0 unspecified atom stereocenters. The van der Waals surface area contributed by atoms with Crippen LogP contribution < -0.4 is 0 Å². The van der Waals surface area contributed by atoms with Gasteiger partial charge in [0.25, 0.3) is 0 Å². The summed E-state index contributed by atoms with van der Waals surface area (Å²) >= 11 is 0. The van der Waals surface area contributed by atoms with E-state index in [4.69, 9.17) is 14.2 Å². The first-order chi connectivity index (χ1) is 7.91. The fourth-order valence-electron chi connectivity index (χ4n) is 1.12. The van der Waals surface area contributed by atoms with Gasteiger partial charge in [0, 0.05) is 12.8 Å². The number of rotatable bonds is 10. The third-order valence-corrected chi connectivity index (χ3v) is 1.95. The maximum absolute atomic E-state index is 5.47. The molecule has 0 amide bonds. The monoisotopic (exact) mass is 242 g/mol. The zero-order chi connectivity index (χ0) is 13.3. The summed E-state index contributed by atoms with van der Waals surface area (Å²) in [6, 6.07) is 0. The van der Waals surface area contributed by atoms with E-state index in [1.807, 2.05) is 27.7 Å². The van der Waals surface area contributed by atoms with Crippen molar-refractivity contribution < 1.29 is 14.2 Å². The average molecular weight is 242 g/mol. The van der Waals surface area contributed by atoms with E-state index in [0.717, 1.165) is 0 Å². The molecule has 0 aliphatic carbocycles. The average Bonchev–Trinajstić information content (AvgIpc) is 2.15. The summed E-state index contributed by atoms with van der Waals surface area (Å²) < 4.78 is 16.3. The maximum atomic E-state index is 5.47. The summed E-state index contributed by atoms with van der Waals surface area (Å²) in [5.74, 6) is 1.39. The van der Waals surface area contributed by atoms with Crippen LogP contribution >= 0.6 is 0 Å². The SMILES string of the molecule is C=C(CCOC(C)C)OC(=C)CCOC(C)C. The molecule has 0 aromatic carbocycles. The molecule has 0 aliphatic heterocycles. The van der Waals surface area contributed by atoms with E-state index >= 15 is 0 Å². The van der Waals surface area contributed by atoms with Crippen molar-refractivity contribution in [1.29, 1.82) is 0 Å². The van der Waals surface area contributed by atoms with E-state index in [1.165, 1.54) is 0 Å². The summed E-state index contributed by atoms with van der Waals surface area (Å²) in [7, 11) is 0. The molecule has 0 heterocycles. The van der Waals surface area contributed by atoms with Gasteiger partial charge in [-0.25, -0.2) is 0 Å². The van der Waals surface area contributed by atoms with Crippen LogP contribution in [0.15, 0.2) is 24.7 Å². The van der Waals surface area contributed by atoms with Crippen LogP contribution in [-0.2, 0) is 14.2 Å². The minimum Gasteiger partial charge on any atom is -0.467 e. The van der Waals surface area contributed by atoms with Crippen LogP contribution in [0.1, 0.15) is 40.5 Å². The normalized spacial score (nSPS) is 10.9. The Bertz CT molecular complexity index is 208. The Balaban J connectivity index is 3.56. The highest BCUT2D eigenvalue weighted by molar-refractivity contribution is 4.93. The fraction of sp³-hybridized carbons (Fsp3) is 0.714. The van der Waals surface area contributed by atoms with Gasteiger partial charge in [-0.1, -0.05) is 13.2 Å². The van der Waals surface area contributed by atoms with Crippen molar-refractivity contribution >= 4 is 0 Å². The first-order valence-corrected chi connectivity index (χ1v) is 6.18. The third kappa shape index (κ3) is 11.5. The fourth-order valence-corrected chi connectivity index (χ4v) is 1.12. The Labute approximate surface area is 105 Å². The van der Waals surface area contributed by atoms with Crippen molar-refractivity contribution in [2.45, 2.75) is 52.7 Å². The molecule has 0 atom stereocenters. The molecule has 0 N–H and O–H groups in total. The van der Waals surface area contributed by atoms with E-state index in [1.54, 1.807) is 0 Å². The van der Waals surface area contributed by atoms with Crippen LogP contribution in [-0.4, -0.2) is 25.4 Å². The Morgan fingerprint density at radius 2 is 1.18 bits per heavy atom. The Morgan fingerprint density at radius 3 is 1.47 bits per heavy atom. The van der Waals surface area contributed by atoms with Crippen molar-refractivity contribution in [1.82, 2.24) is 0 Å².